The summed E-state index contributed by atoms with van der Waals surface area (Å²) in [6, 6.07) is -2.06. The van der Waals surface area contributed by atoms with Gasteiger partial charge in [0, 0.05) is 0 Å². The van der Waals surface area contributed by atoms with Gasteiger partial charge in [-0.3, -0.25) is 9.59 Å². The third-order valence-corrected chi connectivity index (χ3v) is 5.89. The Morgan fingerprint density at radius 1 is 0.758 bits per heavy atom. The number of hydrogen-bond donors (Lipinski definition) is 3. The van der Waals surface area contributed by atoms with Crippen molar-refractivity contribution in [2.24, 2.45) is 11.8 Å². The predicted octanol–water partition coefficient (Wildman–Crippen LogP) is 0.749. The summed E-state index contributed by atoms with van der Waals surface area (Å²) in [6.45, 7) is 13.9. The lowest BCUT2D eigenvalue weighted by molar-refractivity contribution is -0.231. The summed E-state index contributed by atoms with van der Waals surface area (Å²) in [7, 11) is 0. The minimum Gasteiger partial charge on any atom is -0.480 e. The number of fused-ring (bicyclic) bond motifs is 3. The van der Waals surface area contributed by atoms with Gasteiger partial charge in [-0.25, -0.2) is 4.79 Å². The quantitative estimate of drug-likeness (QED) is 0.489. The maximum absolute atomic E-state index is 13.3. The molecule has 0 spiro atoms. The normalized spacial score (nSPS) is 33.8. The van der Waals surface area contributed by atoms with Gasteiger partial charge in [-0.2, -0.15) is 0 Å². The van der Waals surface area contributed by atoms with E-state index < -0.39 is 72.1 Å². The van der Waals surface area contributed by atoms with Crippen molar-refractivity contribution in [2.45, 2.75) is 110 Å². The molecule has 3 rings (SSSR count). The van der Waals surface area contributed by atoms with E-state index in [0.29, 0.717) is 0 Å². The number of ether oxygens (including phenoxy) is 5. The number of carboxylic acid groups (broad SMARTS) is 1. The van der Waals surface area contributed by atoms with Gasteiger partial charge in [0.1, 0.15) is 30.4 Å². The van der Waals surface area contributed by atoms with Crippen LogP contribution >= 0.6 is 0 Å². The standard InChI is InChI=1S/C22H36N2O9/c1-9(2)11(17(25)24-12(10(3)4)19(27)28)23-18(26)15-13-14(31-21(5,6)30-13)16-20(29-15)33-22(7,8)32-16/h9-16,20H,1-8H3,(H,23,26)(H,24,25)(H,27,28)/t11-,12-,13-,14+,15+,16-,20-/m1/s1. The van der Waals surface area contributed by atoms with Crippen LogP contribution in [0.4, 0.5) is 0 Å². The molecule has 33 heavy (non-hydrogen) atoms. The van der Waals surface area contributed by atoms with Crippen LogP contribution in [0.5, 0.6) is 0 Å². The van der Waals surface area contributed by atoms with Crippen LogP contribution < -0.4 is 10.6 Å². The van der Waals surface area contributed by atoms with Crippen molar-refractivity contribution in [3.63, 3.8) is 0 Å². The van der Waals surface area contributed by atoms with Crippen molar-refractivity contribution >= 4 is 17.8 Å². The van der Waals surface area contributed by atoms with Crippen LogP contribution in [0.2, 0.25) is 0 Å². The number of amides is 2. The van der Waals surface area contributed by atoms with Gasteiger partial charge < -0.3 is 39.4 Å². The topological polar surface area (TPSA) is 142 Å². The molecule has 2 amide bonds. The smallest absolute Gasteiger partial charge is 0.326 e. The molecule has 0 aromatic carbocycles. The Kier molecular flexibility index (Phi) is 7.12. The fourth-order valence-electron chi connectivity index (χ4n) is 4.35. The first-order chi connectivity index (χ1) is 15.1. The molecule has 7 atom stereocenters. The highest BCUT2D eigenvalue weighted by Gasteiger charge is 2.62. The van der Waals surface area contributed by atoms with Crippen molar-refractivity contribution in [2.75, 3.05) is 0 Å². The highest BCUT2D eigenvalue weighted by molar-refractivity contribution is 5.92. The molecule has 3 heterocycles. The molecule has 3 fully saturated rings. The van der Waals surface area contributed by atoms with Gasteiger partial charge in [0.15, 0.2) is 24.0 Å². The molecule has 3 aliphatic rings. The van der Waals surface area contributed by atoms with Crippen molar-refractivity contribution < 1.29 is 43.2 Å². The van der Waals surface area contributed by atoms with Gasteiger partial charge in [0.2, 0.25) is 5.91 Å². The van der Waals surface area contributed by atoms with E-state index in [0.717, 1.165) is 0 Å². The van der Waals surface area contributed by atoms with E-state index in [1.54, 1.807) is 55.4 Å². The van der Waals surface area contributed by atoms with Crippen molar-refractivity contribution in [1.29, 1.82) is 0 Å². The van der Waals surface area contributed by atoms with Gasteiger partial charge in [-0.05, 0) is 39.5 Å². The van der Waals surface area contributed by atoms with Crippen LogP contribution in [0.1, 0.15) is 55.4 Å². The molecule has 0 aromatic heterocycles. The van der Waals surface area contributed by atoms with E-state index >= 15 is 0 Å². The molecule has 3 N–H and O–H groups in total. The minimum absolute atomic E-state index is 0.315. The fourth-order valence-corrected chi connectivity index (χ4v) is 4.35. The number of carbonyl (C=O) groups is 3. The van der Waals surface area contributed by atoms with E-state index in [1.807, 2.05) is 0 Å². The summed E-state index contributed by atoms with van der Waals surface area (Å²) in [5.74, 6) is -4.85. The molecule has 0 unspecified atom stereocenters. The largest absolute Gasteiger partial charge is 0.480 e. The lowest BCUT2D eigenvalue weighted by Crippen LogP contribution is -2.62. The molecular weight excluding hydrogens is 436 g/mol. The summed E-state index contributed by atoms with van der Waals surface area (Å²) >= 11 is 0. The number of hydrogen-bond acceptors (Lipinski definition) is 8. The number of aliphatic carboxylic acids is 1. The molecule has 0 aromatic rings. The Hall–Kier alpha value is -1.79. The van der Waals surface area contributed by atoms with Crippen molar-refractivity contribution in [3.8, 4) is 0 Å². The lowest BCUT2D eigenvalue weighted by atomic mass is 9.96. The van der Waals surface area contributed by atoms with E-state index in [1.165, 1.54) is 0 Å². The number of rotatable bonds is 7. The SMILES string of the molecule is CC(C)[C@@H](NC(=O)[C@H](NC(=O)[C@H]1O[C@@H]2OC(C)(C)O[C@@H]2[C@H]2OC(C)(C)O[C@H]21)C(C)C)C(=O)O. The second kappa shape index (κ2) is 9.10. The Morgan fingerprint density at radius 2 is 1.27 bits per heavy atom. The average molecular weight is 473 g/mol. The highest BCUT2D eigenvalue weighted by atomic mass is 16.9. The van der Waals surface area contributed by atoms with E-state index in [2.05, 4.69) is 10.6 Å². The summed E-state index contributed by atoms with van der Waals surface area (Å²) < 4.78 is 29.7. The van der Waals surface area contributed by atoms with Gasteiger partial charge in [-0.15, -0.1) is 0 Å². The van der Waals surface area contributed by atoms with Gasteiger partial charge in [-0.1, -0.05) is 27.7 Å². The van der Waals surface area contributed by atoms with E-state index in [-0.39, 0.29) is 11.8 Å². The van der Waals surface area contributed by atoms with Crippen LogP contribution in [0.25, 0.3) is 0 Å². The fraction of sp³-hybridized carbons (Fsp3) is 0.864. The highest BCUT2D eigenvalue weighted by Crippen LogP contribution is 2.44. The summed E-state index contributed by atoms with van der Waals surface area (Å²) in [5, 5.41) is 14.6. The third-order valence-electron chi connectivity index (χ3n) is 5.89. The second-order valence-electron chi connectivity index (χ2n) is 10.4. The maximum atomic E-state index is 13.3. The molecule has 188 valence electrons. The van der Waals surface area contributed by atoms with Crippen LogP contribution in [-0.4, -0.2) is 77.3 Å². The summed E-state index contributed by atoms with van der Waals surface area (Å²) in [6.07, 6.45) is -3.94. The monoisotopic (exact) mass is 472 g/mol. The van der Waals surface area contributed by atoms with Gasteiger partial charge in [0.05, 0.1) is 0 Å². The van der Waals surface area contributed by atoms with Gasteiger partial charge >= 0.3 is 5.97 Å². The predicted molar refractivity (Wildman–Crippen MR) is 114 cm³/mol. The number of carbonyl (C=O) groups excluding carboxylic acids is 2. The number of carboxylic acids is 1. The summed E-state index contributed by atoms with van der Waals surface area (Å²) in [5.41, 5.74) is 0. The van der Waals surface area contributed by atoms with Crippen LogP contribution in [0, 0.1) is 11.8 Å². The molecule has 3 aliphatic heterocycles. The van der Waals surface area contributed by atoms with E-state index in [9.17, 15) is 19.5 Å². The molecular formula is C22H36N2O9. The molecule has 0 radical (unpaired) electrons. The minimum atomic E-state index is -1.14. The van der Waals surface area contributed by atoms with E-state index in [4.69, 9.17) is 23.7 Å². The molecule has 3 saturated heterocycles. The second-order valence-corrected chi connectivity index (χ2v) is 10.4. The molecule has 0 aliphatic carbocycles. The zero-order valence-corrected chi connectivity index (χ0v) is 20.4. The Morgan fingerprint density at radius 3 is 1.82 bits per heavy atom. The first-order valence-electron chi connectivity index (χ1n) is 11.3. The lowest BCUT2D eigenvalue weighted by Gasteiger charge is -2.37. The zero-order valence-electron chi connectivity index (χ0n) is 20.4. The Balaban J connectivity index is 1.78. The van der Waals surface area contributed by atoms with Gasteiger partial charge in [0.25, 0.3) is 5.91 Å². The molecule has 0 saturated carbocycles. The number of nitrogens with one attached hydrogen (secondary N) is 2. The molecule has 11 heteroatoms. The van der Waals surface area contributed by atoms with Crippen LogP contribution in [-0.2, 0) is 38.1 Å². The Labute approximate surface area is 193 Å². The van der Waals surface area contributed by atoms with Crippen LogP contribution in [0.3, 0.4) is 0 Å². The first-order valence-corrected chi connectivity index (χ1v) is 11.3. The summed E-state index contributed by atoms with van der Waals surface area (Å²) in [4.78, 5) is 37.7. The third kappa shape index (κ3) is 5.48. The Bertz CT molecular complexity index is 782. The van der Waals surface area contributed by atoms with Crippen LogP contribution in [0.15, 0.2) is 0 Å². The first kappa shape index (κ1) is 25.8. The van der Waals surface area contributed by atoms with Crippen molar-refractivity contribution in [1.82, 2.24) is 10.6 Å². The van der Waals surface area contributed by atoms with Crippen molar-refractivity contribution in [3.05, 3.63) is 0 Å². The molecule has 0 bridgehead atoms. The molecule has 11 nitrogen and oxygen atoms in total. The zero-order chi connectivity index (χ0) is 24.9. The maximum Gasteiger partial charge on any atom is 0.326 e. The average Bonchev–Trinajstić information content (AvgIpc) is 3.15.